The van der Waals surface area contributed by atoms with E-state index in [0.717, 1.165) is 16.9 Å². The van der Waals surface area contributed by atoms with Gasteiger partial charge >= 0.3 is 5.97 Å². The summed E-state index contributed by atoms with van der Waals surface area (Å²) < 4.78 is 0.796. The van der Waals surface area contributed by atoms with Gasteiger partial charge in [0.05, 0.1) is 9.90 Å². The van der Waals surface area contributed by atoms with E-state index in [9.17, 15) is 9.59 Å². The second-order valence-electron chi connectivity index (χ2n) is 4.28. The van der Waals surface area contributed by atoms with Crippen molar-refractivity contribution in [2.45, 2.75) is 12.8 Å². The molecule has 0 saturated heterocycles. The molecule has 2 rings (SSSR count). The summed E-state index contributed by atoms with van der Waals surface area (Å²) in [7, 11) is 0. The van der Waals surface area contributed by atoms with Crippen LogP contribution in [0.2, 0.25) is 8.67 Å². The number of thiophene rings is 1. The van der Waals surface area contributed by atoms with Gasteiger partial charge in [0.25, 0.3) is 5.91 Å². The van der Waals surface area contributed by atoms with Gasteiger partial charge in [0.15, 0.2) is 0 Å². The Morgan fingerprint density at radius 3 is 2.38 bits per heavy atom. The van der Waals surface area contributed by atoms with Crippen LogP contribution in [-0.4, -0.2) is 17.0 Å². The highest BCUT2D eigenvalue weighted by Gasteiger charge is 2.14. The maximum Gasteiger partial charge on any atom is 0.303 e. The number of hydrogen-bond donors (Lipinski definition) is 2. The lowest BCUT2D eigenvalue weighted by Crippen LogP contribution is -2.11. The second-order valence-corrected chi connectivity index (χ2v) is 6.57. The Labute approximate surface area is 135 Å². The topological polar surface area (TPSA) is 66.4 Å². The van der Waals surface area contributed by atoms with Crippen molar-refractivity contribution in [1.82, 2.24) is 0 Å². The van der Waals surface area contributed by atoms with E-state index >= 15 is 0 Å². The zero-order valence-corrected chi connectivity index (χ0v) is 13.1. The Hall–Kier alpha value is -1.56. The fourth-order valence-corrected chi connectivity index (χ4v) is 3.16. The minimum Gasteiger partial charge on any atom is -0.481 e. The Bertz CT molecular complexity index is 667. The highest BCUT2D eigenvalue weighted by atomic mass is 35.5. The number of amides is 1. The van der Waals surface area contributed by atoms with Gasteiger partial charge in [-0.25, -0.2) is 0 Å². The van der Waals surface area contributed by atoms with Gasteiger partial charge < -0.3 is 10.4 Å². The number of carbonyl (C=O) groups is 2. The Morgan fingerprint density at radius 2 is 1.86 bits per heavy atom. The third-order valence-electron chi connectivity index (χ3n) is 2.74. The van der Waals surface area contributed by atoms with Gasteiger partial charge in [-0.3, -0.25) is 9.59 Å². The molecule has 1 amide bonds. The molecule has 0 radical (unpaired) electrons. The van der Waals surface area contributed by atoms with Crippen LogP contribution in [0.15, 0.2) is 30.3 Å². The highest BCUT2D eigenvalue weighted by Crippen LogP contribution is 2.31. The van der Waals surface area contributed by atoms with E-state index in [4.69, 9.17) is 28.3 Å². The van der Waals surface area contributed by atoms with Crippen molar-refractivity contribution in [3.8, 4) is 0 Å². The molecule has 2 aromatic rings. The summed E-state index contributed by atoms with van der Waals surface area (Å²) in [6.45, 7) is 0. The minimum absolute atomic E-state index is 0.0781. The first-order valence-corrected chi connectivity index (χ1v) is 7.60. The number of halogens is 2. The van der Waals surface area contributed by atoms with E-state index < -0.39 is 5.97 Å². The van der Waals surface area contributed by atoms with Crippen molar-refractivity contribution >= 4 is 52.1 Å². The first kappa shape index (κ1) is 15.8. The molecule has 0 bridgehead atoms. The van der Waals surface area contributed by atoms with E-state index in [0.29, 0.717) is 26.3 Å². The van der Waals surface area contributed by atoms with Crippen LogP contribution in [0.5, 0.6) is 0 Å². The van der Waals surface area contributed by atoms with Crippen molar-refractivity contribution in [2.75, 3.05) is 5.32 Å². The first-order valence-electron chi connectivity index (χ1n) is 6.02. The highest BCUT2D eigenvalue weighted by molar-refractivity contribution is 7.20. The quantitative estimate of drug-likeness (QED) is 0.849. The number of aliphatic carboxylic acids is 1. The summed E-state index contributed by atoms with van der Waals surface area (Å²) in [6.07, 6.45) is 0.532. The number of carboxylic acid groups (broad SMARTS) is 1. The molecule has 0 aliphatic rings. The lowest BCUT2D eigenvalue weighted by Gasteiger charge is -2.05. The average Bonchev–Trinajstić information content (AvgIpc) is 2.77. The van der Waals surface area contributed by atoms with E-state index in [1.807, 2.05) is 0 Å². The number of nitrogens with one attached hydrogen (secondary N) is 1. The fraction of sp³-hybridized carbons (Fsp3) is 0.143. The summed E-state index contributed by atoms with van der Waals surface area (Å²) in [5, 5.41) is 11.3. The van der Waals surface area contributed by atoms with Gasteiger partial charge in [0, 0.05) is 12.1 Å². The third kappa shape index (κ3) is 4.46. The lowest BCUT2D eigenvalue weighted by molar-refractivity contribution is -0.136. The van der Waals surface area contributed by atoms with Crippen LogP contribution in [0.25, 0.3) is 0 Å². The van der Waals surface area contributed by atoms with Gasteiger partial charge in [-0.1, -0.05) is 35.3 Å². The molecule has 0 fully saturated rings. The van der Waals surface area contributed by atoms with Crippen molar-refractivity contribution in [3.63, 3.8) is 0 Å². The SMILES string of the molecule is O=C(O)CCc1ccc(NC(=O)c2cc(Cl)sc2Cl)cc1. The monoisotopic (exact) mass is 343 g/mol. The molecule has 4 nitrogen and oxygen atoms in total. The molecular formula is C14H11Cl2NO3S. The Kier molecular flexibility index (Phi) is 5.22. The van der Waals surface area contributed by atoms with Crippen LogP contribution < -0.4 is 5.32 Å². The average molecular weight is 344 g/mol. The standard InChI is InChI=1S/C14H11Cl2NO3S/c15-11-7-10(13(16)21-11)14(20)17-9-4-1-8(2-5-9)3-6-12(18)19/h1-2,4-5,7H,3,6H2,(H,17,20)(H,18,19). The van der Waals surface area contributed by atoms with Crippen LogP contribution in [0.4, 0.5) is 5.69 Å². The third-order valence-corrected chi connectivity index (χ3v) is 4.23. The molecule has 1 aromatic heterocycles. The van der Waals surface area contributed by atoms with Crippen LogP contribution in [0.1, 0.15) is 22.3 Å². The van der Waals surface area contributed by atoms with Crippen LogP contribution in [-0.2, 0) is 11.2 Å². The molecule has 0 atom stereocenters. The maximum atomic E-state index is 12.0. The molecule has 21 heavy (non-hydrogen) atoms. The van der Waals surface area contributed by atoms with Gasteiger partial charge in [-0.2, -0.15) is 0 Å². The molecule has 2 N–H and O–H groups in total. The molecule has 7 heteroatoms. The van der Waals surface area contributed by atoms with E-state index in [1.54, 1.807) is 24.3 Å². The zero-order chi connectivity index (χ0) is 15.4. The summed E-state index contributed by atoms with van der Waals surface area (Å²) >= 11 is 12.9. The lowest BCUT2D eigenvalue weighted by atomic mass is 10.1. The molecule has 0 aliphatic carbocycles. The number of anilines is 1. The molecule has 0 aliphatic heterocycles. The Morgan fingerprint density at radius 1 is 1.19 bits per heavy atom. The number of benzene rings is 1. The molecule has 1 heterocycles. The summed E-state index contributed by atoms with van der Waals surface area (Å²) in [5.74, 6) is -1.17. The van der Waals surface area contributed by atoms with E-state index in [2.05, 4.69) is 5.32 Å². The number of hydrogen-bond acceptors (Lipinski definition) is 3. The molecule has 1 aromatic carbocycles. The van der Waals surface area contributed by atoms with Crippen LogP contribution in [0, 0.1) is 0 Å². The second kappa shape index (κ2) is 6.93. The Balaban J connectivity index is 2.01. The predicted octanol–water partition coefficient (Wildman–Crippen LogP) is 4.32. The van der Waals surface area contributed by atoms with Crippen molar-refractivity contribution in [3.05, 3.63) is 50.1 Å². The first-order chi connectivity index (χ1) is 9.95. The number of carbonyl (C=O) groups excluding carboxylic acids is 1. The molecule has 110 valence electrons. The summed E-state index contributed by atoms with van der Waals surface area (Å²) in [6, 6.07) is 8.51. The number of carboxylic acids is 1. The van der Waals surface area contributed by atoms with Crippen molar-refractivity contribution in [2.24, 2.45) is 0 Å². The summed E-state index contributed by atoms with van der Waals surface area (Å²) in [4.78, 5) is 22.5. The van der Waals surface area contributed by atoms with Gasteiger partial charge in [0.2, 0.25) is 0 Å². The van der Waals surface area contributed by atoms with Crippen molar-refractivity contribution < 1.29 is 14.7 Å². The van der Waals surface area contributed by atoms with Gasteiger partial charge in [-0.05, 0) is 30.2 Å². The summed E-state index contributed by atoms with van der Waals surface area (Å²) in [5.41, 5.74) is 1.84. The molecule has 0 saturated carbocycles. The fourth-order valence-electron chi connectivity index (χ4n) is 1.70. The smallest absolute Gasteiger partial charge is 0.303 e. The predicted molar refractivity (Wildman–Crippen MR) is 84.7 cm³/mol. The molecule has 0 spiro atoms. The zero-order valence-electron chi connectivity index (χ0n) is 10.7. The number of aryl methyl sites for hydroxylation is 1. The van der Waals surface area contributed by atoms with Gasteiger partial charge in [0.1, 0.15) is 4.34 Å². The van der Waals surface area contributed by atoms with Crippen LogP contribution >= 0.6 is 34.5 Å². The normalized spacial score (nSPS) is 10.4. The van der Waals surface area contributed by atoms with E-state index in [-0.39, 0.29) is 12.3 Å². The van der Waals surface area contributed by atoms with Gasteiger partial charge in [-0.15, -0.1) is 11.3 Å². The molecular weight excluding hydrogens is 333 g/mol. The molecule has 0 unspecified atom stereocenters. The minimum atomic E-state index is -0.837. The maximum absolute atomic E-state index is 12.0. The van der Waals surface area contributed by atoms with E-state index in [1.165, 1.54) is 6.07 Å². The largest absolute Gasteiger partial charge is 0.481 e. The number of rotatable bonds is 5. The van der Waals surface area contributed by atoms with Crippen molar-refractivity contribution in [1.29, 1.82) is 0 Å². The van der Waals surface area contributed by atoms with Crippen LogP contribution in [0.3, 0.4) is 0 Å².